The van der Waals surface area contributed by atoms with Crippen LogP contribution in [0, 0.1) is 0 Å². The summed E-state index contributed by atoms with van der Waals surface area (Å²) in [5.74, 6) is 0. The molecule has 3 heteroatoms. The van der Waals surface area contributed by atoms with E-state index in [9.17, 15) is 5.11 Å². The molecular weight excluding hydrogens is 347 g/mol. The van der Waals surface area contributed by atoms with E-state index in [0.29, 0.717) is 0 Å². The maximum atomic E-state index is 9.56. The van der Waals surface area contributed by atoms with Crippen molar-refractivity contribution in [2.45, 2.75) is 19.4 Å². The molecule has 0 aliphatic heterocycles. The fourth-order valence-electron chi connectivity index (χ4n) is 2.66. The van der Waals surface area contributed by atoms with E-state index in [1.54, 1.807) is 0 Å². The summed E-state index contributed by atoms with van der Waals surface area (Å²) in [5, 5.41) is 9.56. The summed E-state index contributed by atoms with van der Waals surface area (Å²) in [5.41, 5.74) is 6.16. The summed E-state index contributed by atoms with van der Waals surface area (Å²) in [6.45, 7) is 0.0984. The zero-order valence-corrected chi connectivity index (χ0v) is 14.4. The second kappa shape index (κ2) is 7.93. The summed E-state index contributed by atoms with van der Waals surface area (Å²) >= 11 is 0. The van der Waals surface area contributed by atoms with E-state index < -0.39 is 0 Å². The van der Waals surface area contributed by atoms with Gasteiger partial charge in [-0.2, -0.15) is 0 Å². The van der Waals surface area contributed by atoms with Crippen LogP contribution >= 0.6 is 12.4 Å². The normalized spacial score (nSPS) is 15.4. The van der Waals surface area contributed by atoms with E-state index in [0.717, 1.165) is 18.4 Å². The van der Waals surface area contributed by atoms with Gasteiger partial charge >= 0.3 is 0 Å². The van der Waals surface area contributed by atoms with Crippen LogP contribution in [0.15, 0.2) is 54.7 Å². The average Bonchev–Trinajstić information content (AvgIpc) is 3.10. The molecule has 0 atom stereocenters. The summed E-state index contributed by atoms with van der Waals surface area (Å²) in [6.07, 6.45) is 14.8. The van der Waals surface area contributed by atoms with E-state index in [1.807, 2.05) is 12.1 Å². The van der Waals surface area contributed by atoms with Crippen molar-refractivity contribution in [2.75, 3.05) is 0 Å². The summed E-state index contributed by atoms with van der Waals surface area (Å²) in [6, 6.07) is 6.21. The van der Waals surface area contributed by atoms with Crippen LogP contribution in [0.5, 0.6) is 0 Å². The number of hydrogen-bond acceptors (Lipinski definition) is 1. The van der Waals surface area contributed by atoms with Crippen molar-refractivity contribution in [1.29, 1.82) is 0 Å². The molecule has 0 saturated heterocycles. The third kappa shape index (κ3) is 3.31. The second-order valence-electron chi connectivity index (χ2n) is 4.65. The van der Waals surface area contributed by atoms with Crippen LogP contribution < -0.4 is 0 Å². The maximum absolute atomic E-state index is 9.56. The first-order chi connectivity index (χ1) is 8.90. The molecule has 2 aliphatic rings. The van der Waals surface area contributed by atoms with Gasteiger partial charge in [-0.3, -0.25) is 0 Å². The van der Waals surface area contributed by atoms with Crippen molar-refractivity contribution in [2.24, 2.45) is 0 Å². The summed E-state index contributed by atoms with van der Waals surface area (Å²) in [7, 11) is 0. The van der Waals surface area contributed by atoms with Crippen molar-refractivity contribution < 1.29 is 31.3 Å². The smallest absolute Gasteiger partial charge is 0.0687 e. The molecule has 0 spiro atoms. The number of allylic oxidation sites excluding steroid dienone is 8. The zero-order chi connectivity index (χ0) is 12.4. The Balaban J connectivity index is 0.000001000. The predicted octanol–water partition coefficient (Wildman–Crippen LogP) is 4.28. The molecule has 0 unspecified atom stereocenters. The Morgan fingerprint density at radius 2 is 1.60 bits per heavy atom. The number of rotatable bonds is 3. The largest absolute Gasteiger partial charge is 0.392 e. The van der Waals surface area contributed by atoms with Gasteiger partial charge in [0.25, 0.3) is 0 Å². The molecule has 0 radical (unpaired) electrons. The first-order valence-electron chi connectivity index (χ1n) is 6.35. The number of aliphatic hydroxyl groups is 1. The van der Waals surface area contributed by atoms with E-state index in [2.05, 4.69) is 42.5 Å². The number of aliphatic hydroxyl groups excluding tert-OH is 1. The van der Waals surface area contributed by atoms with Crippen LogP contribution in [0.3, 0.4) is 0 Å². The van der Waals surface area contributed by atoms with E-state index >= 15 is 0 Å². The molecule has 0 aromatic heterocycles. The Hall–Kier alpha value is -0.687. The maximum Gasteiger partial charge on any atom is 0.0687 e. The van der Waals surface area contributed by atoms with Gasteiger partial charge in [-0.05, 0) is 40.7 Å². The van der Waals surface area contributed by atoms with Crippen LogP contribution in [0.1, 0.15) is 29.5 Å². The predicted molar refractivity (Wildman–Crippen MR) is 83.1 cm³/mol. The van der Waals surface area contributed by atoms with Gasteiger partial charge in [0.15, 0.2) is 0 Å². The van der Waals surface area contributed by atoms with Crippen LogP contribution in [0.2, 0.25) is 0 Å². The number of benzene rings is 1. The van der Waals surface area contributed by atoms with Gasteiger partial charge < -0.3 is 5.11 Å². The van der Waals surface area contributed by atoms with Crippen LogP contribution in [-0.2, 0) is 32.8 Å². The minimum atomic E-state index is 0. The molecule has 0 heterocycles. The van der Waals surface area contributed by atoms with E-state index in [-0.39, 0.29) is 45.2 Å². The van der Waals surface area contributed by atoms with Gasteiger partial charge in [0.1, 0.15) is 0 Å². The number of hydrogen-bond donors (Lipinski definition) is 1. The summed E-state index contributed by atoms with van der Waals surface area (Å²) < 4.78 is 0. The van der Waals surface area contributed by atoms with Crippen LogP contribution in [0.25, 0.3) is 11.1 Å². The molecule has 102 valence electrons. The van der Waals surface area contributed by atoms with Crippen LogP contribution in [-0.4, -0.2) is 5.11 Å². The molecule has 0 fully saturated rings. The van der Waals surface area contributed by atoms with Gasteiger partial charge in [-0.25, -0.2) is 0 Å². The molecule has 0 bridgehead atoms. The monoisotopic (exact) mass is 362 g/mol. The van der Waals surface area contributed by atoms with Gasteiger partial charge in [0.05, 0.1) is 6.61 Å². The Bertz CT molecular complexity index is 597. The van der Waals surface area contributed by atoms with Gasteiger partial charge in [-0.15, -0.1) is 12.4 Å². The third-order valence-corrected chi connectivity index (χ3v) is 3.53. The first kappa shape index (κ1) is 17.4. The van der Waals surface area contributed by atoms with E-state index in [1.165, 1.54) is 22.3 Å². The second-order valence-corrected chi connectivity index (χ2v) is 4.65. The summed E-state index contributed by atoms with van der Waals surface area (Å²) in [4.78, 5) is 0. The topological polar surface area (TPSA) is 20.2 Å². The van der Waals surface area contributed by atoms with Crippen molar-refractivity contribution in [3.63, 3.8) is 0 Å². The molecule has 1 N–H and O–H groups in total. The molecule has 20 heavy (non-hydrogen) atoms. The molecular formula is C17H17ClOZr. The molecule has 1 nitrogen and oxygen atoms in total. The molecule has 1 aromatic carbocycles. The van der Waals surface area contributed by atoms with E-state index in [4.69, 9.17) is 0 Å². The van der Waals surface area contributed by atoms with Gasteiger partial charge in [0, 0.05) is 26.2 Å². The Morgan fingerprint density at radius 1 is 0.950 bits per heavy atom. The van der Waals surface area contributed by atoms with Crippen LogP contribution in [0.4, 0.5) is 0 Å². The average molecular weight is 364 g/mol. The van der Waals surface area contributed by atoms with Crippen molar-refractivity contribution in [1.82, 2.24) is 0 Å². The molecule has 0 amide bonds. The Morgan fingerprint density at radius 3 is 2.15 bits per heavy atom. The Kier molecular flexibility index (Phi) is 6.88. The fourth-order valence-corrected chi connectivity index (χ4v) is 2.66. The van der Waals surface area contributed by atoms with Gasteiger partial charge in [-0.1, -0.05) is 54.7 Å². The van der Waals surface area contributed by atoms with Gasteiger partial charge in [0.2, 0.25) is 0 Å². The molecule has 2 aliphatic carbocycles. The Labute approximate surface area is 145 Å². The number of halogens is 1. The minimum absolute atomic E-state index is 0. The molecule has 3 rings (SSSR count). The zero-order valence-electron chi connectivity index (χ0n) is 11.2. The minimum Gasteiger partial charge on any atom is -0.392 e. The molecule has 0 saturated carbocycles. The SMILES string of the molecule is Cl.OCc1cccc(C2=CC=CC2)c1C1=CC=CC1.[Zr]. The van der Waals surface area contributed by atoms with Crippen molar-refractivity contribution in [3.8, 4) is 0 Å². The quantitative estimate of drug-likeness (QED) is 0.849. The third-order valence-electron chi connectivity index (χ3n) is 3.53. The standard InChI is InChI=1S/C17H16O.ClH.Zr/c18-12-15-10-5-11-16(13-6-1-2-7-13)17(15)14-8-3-4-9-14;;/h1-6,8,10-11,18H,7,9,12H2;1H;. The molecule has 1 aromatic rings. The van der Waals surface area contributed by atoms with Crippen molar-refractivity contribution >= 4 is 23.6 Å². The fraction of sp³-hybridized carbons (Fsp3) is 0.176. The van der Waals surface area contributed by atoms with Crippen molar-refractivity contribution in [3.05, 3.63) is 71.3 Å². The first-order valence-corrected chi connectivity index (χ1v) is 6.35.